The van der Waals surface area contributed by atoms with Crippen molar-refractivity contribution in [3.8, 4) is 0 Å². The van der Waals surface area contributed by atoms with Crippen molar-refractivity contribution in [3.05, 3.63) is 29.3 Å². The van der Waals surface area contributed by atoms with Crippen molar-refractivity contribution < 1.29 is 4.79 Å². The molecule has 0 heterocycles. The molecule has 0 bridgehead atoms. The van der Waals surface area contributed by atoms with E-state index in [1.54, 1.807) is 0 Å². The molecule has 0 saturated heterocycles. The summed E-state index contributed by atoms with van der Waals surface area (Å²) in [6.07, 6.45) is 14.7. The monoisotopic (exact) mass is 359 g/mol. The van der Waals surface area contributed by atoms with Crippen LogP contribution in [0.15, 0.2) is 24.3 Å². The van der Waals surface area contributed by atoms with Gasteiger partial charge in [-0.2, -0.15) is 0 Å². The first-order valence-corrected chi connectivity index (χ1v) is 10.6. The topological polar surface area (TPSA) is 29.1 Å². The highest BCUT2D eigenvalue weighted by atomic mass is 35.5. The van der Waals surface area contributed by atoms with Gasteiger partial charge in [0.05, 0.1) is 0 Å². The van der Waals surface area contributed by atoms with Gasteiger partial charge in [0.25, 0.3) is 0 Å². The van der Waals surface area contributed by atoms with Crippen molar-refractivity contribution >= 4 is 23.2 Å². The van der Waals surface area contributed by atoms with Gasteiger partial charge in [0.15, 0.2) is 0 Å². The van der Waals surface area contributed by atoms with Gasteiger partial charge in [-0.05, 0) is 92.4 Å². The molecule has 3 heteroatoms. The summed E-state index contributed by atoms with van der Waals surface area (Å²) in [5.74, 6) is 2.76. The van der Waals surface area contributed by atoms with E-state index in [9.17, 15) is 4.79 Å². The highest BCUT2D eigenvalue weighted by Gasteiger charge is 2.49. The number of anilines is 1. The van der Waals surface area contributed by atoms with Crippen LogP contribution in [0.4, 0.5) is 5.69 Å². The lowest BCUT2D eigenvalue weighted by atomic mass is 9.61. The Labute approximate surface area is 156 Å². The zero-order valence-electron chi connectivity index (χ0n) is 15.1. The van der Waals surface area contributed by atoms with Crippen molar-refractivity contribution in [2.75, 3.05) is 5.32 Å². The van der Waals surface area contributed by atoms with Gasteiger partial charge in [-0.1, -0.05) is 30.9 Å². The molecule has 1 N–H and O–H groups in total. The van der Waals surface area contributed by atoms with Crippen LogP contribution >= 0.6 is 11.6 Å². The molecule has 0 aromatic heterocycles. The predicted octanol–water partition coefficient (Wildman–Crippen LogP) is 6.45. The summed E-state index contributed by atoms with van der Waals surface area (Å²) in [5.41, 5.74) is 1.50. The maximum atomic E-state index is 12.4. The number of rotatable bonds is 3. The van der Waals surface area contributed by atoms with Crippen molar-refractivity contribution in [1.82, 2.24) is 0 Å². The van der Waals surface area contributed by atoms with Crippen LogP contribution in [-0.4, -0.2) is 5.91 Å². The number of fused-ring (bicyclic) bond motifs is 2. The molecular formula is C22H30ClNO. The van der Waals surface area contributed by atoms with E-state index >= 15 is 0 Å². The van der Waals surface area contributed by atoms with E-state index in [1.165, 1.54) is 64.2 Å². The summed E-state index contributed by atoms with van der Waals surface area (Å²) < 4.78 is 0. The van der Waals surface area contributed by atoms with Gasteiger partial charge < -0.3 is 5.32 Å². The third kappa shape index (κ3) is 3.74. The quantitative estimate of drug-likeness (QED) is 0.660. The van der Waals surface area contributed by atoms with Crippen molar-refractivity contribution in [3.63, 3.8) is 0 Å². The van der Waals surface area contributed by atoms with Gasteiger partial charge in [0.1, 0.15) is 0 Å². The minimum atomic E-state index is 0.158. The molecule has 25 heavy (non-hydrogen) atoms. The fourth-order valence-corrected chi connectivity index (χ4v) is 6.23. The molecule has 1 spiro atoms. The second-order valence-electron chi connectivity index (χ2n) is 8.75. The van der Waals surface area contributed by atoms with E-state index in [4.69, 9.17) is 11.6 Å². The first-order chi connectivity index (χ1) is 12.1. The molecule has 1 aromatic rings. The first kappa shape index (κ1) is 17.4. The lowest BCUT2D eigenvalue weighted by molar-refractivity contribution is -0.117. The first-order valence-electron chi connectivity index (χ1n) is 10.2. The Bertz CT molecular complexity index is 603. The van der Waals surface area contributed by atoms with Crippen molar-refractivity contribution in [2.24, 2.45) is 23.2 Å². The molecule has 3 fully saturated rings. The lowest BCUT2D eigenvalue weighted by Gasteiger charge is -2.44. The van der Waals surface area contributed by atoms with Gasteiger partial charge in [0.2, 0.25) is 5.91 Å². The Hall–Kier alpha value is -1.02. The molecule has 2 unspecified atom stereocenters. The van der Waals surface area contributed by atoms with E-state index in [-0.39, 0.29) is 5.91 Å². The zero-order valence-corrected chi connectivity index (χ0v) is 15.9. The van der Waals surface area contributed by atoms with Crippen molar-refractivity contribution in [1.29, 1.82) is 0 Å². The normalized spacial score (nSPS) is 34.7. The minimum Gasteiger partial charge on any atom is -0.326 e. The van der Waals surface area contributed by atoms with Gasteiger partial charge in [-0.25, -0.2) is 0 Å². The fourth-order valence-electron chi connectivity index (χ4n) is 6.10. The highest BCUT2D eigenvalue weighted by Crippen LogP contribution is 2.60. The number of hydrogen-bond acceptors (Lipinski definition) is 1. The Balaban J connectivity index is 1.29. The van der Waals surface area contributed by atoms with E-state index in [0.717, 1.165) is 17.5 Å². The average Bonchev–Trinajstić information content (AvgIpc) is 2.98. The van der Waals surface area contributed by atoms with Crippen LogP contribution in [0, 0.1) is 23.2 Å². The van der Waals surface area contributed by atoms with E-state index in [0.29, 0.717) is 22.8 Å². The van der Waals surface area contributed by atoms with E-state index in [1.807, 2.05) is 24.3 Å². The number of carbonyl (C=O) groups excluding carboxylic acids is 1. The Kier molecular flexibility index (Phi) is 5.08. The third-order valence-electron chi connectivity index (χ3n) is 7.41. The van der Waals surface area contributed by atoms with Gasteiger partial charge >= 0.3 is 0 Å². The lowest BCUT2D eigenvalue weighted by Crippen LogP contribution is -2.35. The van der Waals surface area contributed by atoms with Gasteiger partial charge in [-0.15, -0.1) is 0 Å². The molecule has 0 radical (unpaired) electrons. The van der Waals surface area contributed by atoms with Crippen LogP contribution in [0.25, 0.3) is 0 Å². The number of benzene rings is 1. The molecule has 3 aliphatic carbocycles. The number of halogens is 1. The van der Waals surface area contributed by atoms with Crippen LogP contribution < -0.4 is 5.32 Å². The summed E-state index contributed by atoms with van der Waals surface area (Å²) in [6, 6.07) is 7.39. The molecule has 2 atom stereocenters. The van der Waals surface area contributed by atoms with Crippen LogP contribution in [0.3, 0.4) is 0 Å². The summed E-state index contributed by atoms with van der Waals surface area (Å²) >= 11 is 5.90. The smallest absolute Gasteiger partial charge is 0.224 e. The van der Waals surface area contributed by atoms with Crippen LogP contribution in [0.5, 0.6) is 0 Å². The minimum absolute atomic E-state index is 0.158. The molecule has 1 amide bonds. The molecule has 0 aliphatic heterocycles. The number of amides is 1. The molecular weight excluding hydrogens is 330 g/mol. The summed E-state index contributed by atoms with van der Waals surface area (Å²) in [7, 11) is 0. The van der Waals surface area contributed by atoms with Crippen LogP contribution in [0.2, 0.25) is 5.02 Å². The zero-order chi connectivity index (χ0) is 17.3. The predicted molar refractivity (Wildman–Crippen MR) is 104 cm³/mol. The maximum absolute atomic E-state index is 12.4. The fraction of sp³-hybridized carbons (Fsp3) is 0.682. The molecule has 4 rings (SSSR count). The molecule has 3 saturated carbocycles. The van der Waals surface area contributed by atoms with E-state index in [2.05, 4.69) is 5.32 Å². The third-order valence-corrected chi connectivity index (χ3v) is 7.66. The van der Waals surface area contributed by atoms with E-state index < -0.39 is 0 Å². The number of nitrogens with one attached hydrogen (secondary N) is 1. The SMILES string of the molecule is O=C(C[C@H]1CC[C@@]2(CCC3CCCCC32)CC1)Nc1ccc(Cl)cc1. The maximum Gasteiger partial charge on any atom is 0.224 e. The van der Waals surface area contributed by atoms with Gasteiger partial charge in [-0.3, -0.25) is 4.79 Å². The molecule has 3 aliphatic rings. The standard InChI is InChI=1S/C22H30ClNO/c23-18-5-7-19(8-6-18)24-21(25)15-16-9-12-22(13-10-16)14-11-17-3-1-2-4-20(17)22/h5-8,16-17,20H,1-4,9-15H2,(H,24,25)/t16-,17?,20?,22-. The van der Waals surface area contributed by atoms with Crippen molar-refractivity contribution in [2.45, 2.75) is 70.6 Å². The highest BCUT2D eigenvalue weighted by molar-refractivity contribution is 6.30. The Morgan fingerprint density at radius 3 is 2.44 bits per heavy atom. The Morgan fingerprint density at radius 2 is 1.68 bits per heavy atom. The van der Waals surface area contributed by atoms with Crippen LogP contribution in [-0.2, 0) is 4.79 Å². The molecule has 1 aromatic carbocycles. The average molecular weight is 360 g/mol. The summed E-state index contributed by atoms with van der Waals surface area (Å²) in [4.78, 5) is 12.4. The largest absolute Gasteiger partial charge is 0.326 e. The number of carbonyl (C=O) groups is 1. The summed E-state index contributed by atoms with van der Waals surface area (Å²) in [5, 5.41) is 3.73. The van der Waals surface area contributed by atoms with Gasteiger partial charge in [0, 0.05) is 17.1 Å². The molecule has 136 valence electrons. The summed E-state index contributed by atoms with van der Waals surface area (Å²) in [6.45, 7) is 0. The number of hydrogen-bond donors (Lipinski definition) is 1. The molecule has 2 nitrogen and oxygen atoms in total. The van der Waals surface area contributed by atoms with Crippen LogP contribution in [0.1, 0.15) is 70.6 Å². The second-order valence-corrected chi connectivity index (χ2v) is 9.19. The second kappa shape index (κ2) is 7.31. The Morgan fingerprint density at radius 1 is 1.00 bits per heavy atom.